The molecule has 1 aromatic rings. The van der Waals surface area contributed by atoms with Crippen LogP contribution in [-0.4, -0.2) is 67.5 Å². The van der Waals surface area contributed by atoms with Crippen LogP contribution in [0.4, 0.5) is 4.79 Å². The molecule has 8 nitrogen and oxygen atoms in total. The van der Waals surface area contributed by atoms with Gasteiger partial charge in [0.15, 0.2) is 11.5 Å². The monoisotopic (exact) mass is 375 g/mol. The molecule has 0 radical (unpaired) electrons. The van der Waals surface area contributed by atoms with Crippen LogP contribution in [-0.2, 0) is 16.0 Å². The lowest BCUT2D eigenvalue weighted by molar-refractivity contribution is -0.135. The zero-order valence-corrected chi connectivity index (χ0v) is 15.7. The summed E-state index contributed by atoms with van der Waals surface area (Å²) < 4.78 is 10.5. The Morgan fingerprint density at radius 1 is 1.15 bits per heavy atom. The molecule has 1 atom stereocenters. The Morgan fingerprint density at radius 3 is 2.52 bits per heavy atom. The van der Waals surface area contributed by atoms with Crippen LogP contribution in [0.3, 0.4) is 0 Å². The molecule has 1 aromatic carbocycles. The van der Waals surface area contributed by atoms with E-state index in [9.17, 15) is 14.4 Å². The van der Waals surface area contributed by atoms with E-state index in [0.29, 0.717) is 17.9 Å². The molecule has 27 heavy (non-hydrogen) atoms. The zero-order chi connectivity index (χ0) is 19.4. The van der Waals surface area contributed by atoms with Crippen LogP contribution in [0.1, 0.15) is 24.8 Å². The van der Waals surface area contributed by atoms with Crippen LogP contribution in [0.15, 0.2) is 18.2 Å². The van der Waals surface area contributed by atoms with E-state index >= 15 is 0 Å². The number of ether oxygens (including phenoxy) is 2. The van der Waals surface area contributed by atoms with E-state index in [0.717, 1.165) is 31.5 Å². The summed E-state index contributed by atoms with van der Waals surface area (Å²) in [5.41, 5.74) is 0.921. The molecule has 1 N–H and O–H groups in total. The summed E-state index contributed by atoms with van der Waals surface area (Å²) in [5.74, 6) is 0.805. The molecular weight excluding hydrogens is 350 g/mol. The number of benzene rings is 1. The van der Waals surface area contributed by atoms with Crippen LogP contribution in [0.2, 0.25) is 0 Å². The van der Waals surface area contributed by atoms with Crippen LogP contribution in [0.5, 0.6) is 11.5 Å². The van der Waals surface area contributed by atoms with Gasteiger partial charge in [0.1, 0.15) is 6.04 Å². The third kappa shape index (κ3) is 4.15. The van der Waals surface area contributed by atoms with Crippen molar-refractivity contribution in [3.63, 3.8) is 0 Å². The van der Waals surface area contributed by atoms with Gasteiger partial charge in [0.2, 0.25) is 5.91 Å². The van der Waals surface area contributed by atoms with E-state index in [1.54, 1.807) is 25.2 Å². The maximum absolute atomic E-state index is 12.5. The van der Waals surface area contributed by atoms with Gasteiger partial charge in [-0.2, -0.15) is 0 Å². The molecule has 2 aliphatic heterocycles. The minimum atomic E-state index is -0.768. The summed E-state index contributed by atoms with van der Waals surface area (Å²) in [6, 6.07) is 4.27. The number of methoxy groups -OCH3 is 2. The van der Waals surface area contributed by atoms with Crippen molar-refractivity contribution in [2.45, 2.75) is 31.7 Å². The summed E-state index contributed by atoms with van der Waals surface area (Å²) in [6.45, 7) is 1.71. The van der Waals surface area contributed by atoms with E-state index < -0.39 is 12.1 Å². The second-order valence-corrected chi connectivity index (χ2v) is 6.72. The van der Waals surface area contributed by atoms with Crippen LogP contribution >= 0.6 is 0 Å². The van der Waals surface area contributed by atoms with E-state index in [2.05, 4.69) is 5.32 Å². The highest BCUT2D eigenvalue weighted by molar-refractivity contribution is 6.05. The van der Waals surface area contributed by atoms with Gasteiger partial charge in [-0.25, -0.2) is 4.79 Å². The Hall–Kier alpha value is -2.77. The fourth-order valence-electron chi connectivity index (χ4n) is 3.47. The molecular formula is C19H25N3O5. The molecule has 8 heteroatoms. The van der Waals surface area contributed by atoms with Crippen molar-refractivity contribution in [3.8, 4) is 11.5 Å². The number of nitrogens with one attached hydrogen (secondary N) is 1. The molecule has 0 saturated carbocycles. The molecule has 2 heterocycles. The van der Waals surface area contributed by atoms with E-state index in [4.69, 9.17) is 9.47 Å². The van der Waals surface area contributed by atoms with Crippen LogP contribution < -0.4 is 14.8 Å². The first-order valence-corrected chi connectivity index (χ1v) is 9.14. The van der Waals surface area contributed by atoms with Crippen molar-refractivity contribution in [2.75, 3.05) is 33.9 Å². The highest BCUT2D eigenvalue weighted by Crippen LogP contribution is 2.28. The van der Waals surface area contributed by atoms with Gasteiger partial charge >= 0.3 is 6.03 Å². The minimum Gasteiger partial charge on any atom is -0.493 e. The number of carbonyl (C=O) groups is 3. The quantitative estimate of drug-likeness (QED) is 0.723. The standard InChI is InChI=1S/C19H25N3O5/c1-26-15-6-5-13(11-16(15)27-2)7-10-22-18(24)14(20-19(22)25)12-17(23)21-8-3-4-9-21/h5-6,11,14H,3-4,7-10,12H2,1-2H3,(H,20,25)/t14-/m1/s1. The molecule has 4 amide bonds. The Bertz CT molecular complexity index is 730. The van der Waals surface area contributed by atoms with E-state index in [1.165, 1.54) is 4.90 Å². The number of carbonyl (C=O) groups excluding carboxylic acids is 3. The highest BCUT2D eigenvalue weighted by Gasteiger charge is 2.39. The number of amides is 4. The topological polar surface area (TPSA) is 88.2 Å². The largest absolute Gasteiger partial charge is 0.493 e. The van der Waals surface area contributed by atoms with Crippen molar-refractivity contribution in [1.82, 2.24) is 15.1 Å². The van der Waals surface area contributed by atoms with Crippen molar-refractivity contribution in [1.29, 1.82) is 0 Å². The van der Waals surface area contributed by atoms with Crippen LogP contribution in [0, 0.1) is 0 Å². The number of nitrogens with zero attached hydrogens (tertiary/aromatic N) is 2. The lowest BCUT2D eigenvalue weighted by Gasteiger charge is -2.17. The van der Waals surface area contributed by atoms with Crippen molar-refractivity contribution in [2.24, 2.45) is 0 Å². The van der Waals surface area contributed by atoms with Crippen LogP contribution in [0.25, 0.3) is 0 Å². The van der Waals surface area contributed by atoms with Crippen molar-refractivity contribution in [3.05, 3.63) is 23.8 Å². The third-order valence-corrected chi connectivity index (χ3v) is 5.02. The number of likely N-dealkylation sites (tertiary alicyclic amines) is 1. The van der Waals surface area contributed by atoms with Gasteiger partial charge in [-0.05, 0) is 37.0 Å². The molecule has 0 unspecified atom stereocenters. The summed E-state index contributed by atoms with van der Waals surface area (Å²) in [4.78, 5) is 39.9. The van der Waals surface area contributed by atoms with Gasteiger partial charge in [0.05, 0.1) is 20.6 Å². The molecule has 146 valence electrons. The summed E-state index contributed by atoms with van der Waals surface area (Å²) in [6.07, 6.45) is 2.51. The second-order valence-electron chi connectivity index (χ2n) is 6.72. The lowest BCUT2D eigenvalue weighted by atomic mass is 10.1. The normalized spacial score (nSPS) is 19.4. The van der Waals surface area contributed by atoms with Gasteiger partial charge in [0.25, 0.3) is 5.91 Å². The van der Waals surface area contributed by atoms with Crippen molar-refractivity contribution < 1.29 is 23.9 Å². The number of urea groups is 1. The Balaban J connectivity index is 1.58. The third-order valence-electron chi connectivity index (χ3n) is 5.02. The van der Waals surface area contributed by atoms with Gasteiger partial charge in [-0.1, -0.05) is 6.07 Å². The highest BCUT2D eigenvalue weighted by atomic mass is 16.5. The van der Waals surface area contributed by atoms with Gasteiger partial charge < -0.3 is 19.7 Å². The summed E-state index contributed by atoms with van der Waals surface area (Å²) >= 11 is 0. The van der Waals surface area contributed by atoms with Gasteiger partial charge in [-0.15, -0.1) is 0 Å². The van der Waals surface area contributed by atoms with Gasteiger partial charge in [-0.3, -0.25) is 14.5 Å². The first-order valence-electron chi connectivity index (χ1n) is 9.14. The maximum atomic E-state index is 12.5. The SMILES string of the molecule is COc1ccc(CCN2C(=O)N[C@H](CC(=O)N3CCCC3)C2=O)cc1OC. The Labute approximate surface area is 158 Å². The van der Waals surface area contributed by atoms with Crippen molar-refractivity contribution >= 4 is 17.8 Å². The summed E-state index contributed by atoms with van der Waals surface area (Å²) in [7, 11) is 3.12. The first kappa shape index (κ1) is 19.0. The maximum Gasteiger partial charge on any atom is 0.324 e. The number of rotatable bonds is 7. The summed E-state index contributed by atoms with van der Waals surface area (Å²) in [5, 5.41) is 2.63. The smallest absolute Gasteiger partial charge is 0.324 e. The van der Waals surface area contributed by atoms with Gasteiger partial charge in [0, 0.05) is 19.6 Å². The second kappa shape index (κ2) is 8.28. The fraction of sp³-hybridized carbons (Fsp3) is 0.526. The molecule has 2 aliphatic rings. The average Bonchev–Trinajstić information content (AvgIpc) is 3.29. The predicted octanol–water partition coefficient (Wildman–Crippen LogP) is 1.18. The first-order chi connectivity index (χ1) is 13.0. The van der Waals surface area contributed by atoms with E-state index in [1.807, 2.05) is 12.1 Å². The molecule has 0 spiro atoms. The Kier molecular flexibility index (Phi) is 5.83. The number of imide groups is 1. The fourth-order valence-corrected chi connectivity index (χ4v) is 3.47. The molecule has 2 saturated heterocycles. The molecule has 0 aliphatic carbocycles. The predicted molar refractivity (Wildman–Crippen MR) is 97.7 cm³/mol. The number of hydrogen-bond donors (Lipinski definition) is 1. The molecule has 3 rings (SSSR count). The zero-order valence-electron chi connectivity index (χ0n) is 15.7. The minimum absolute atomic E-state index is 0.0252. The number of hydrogen-bond acceptors (Lipinski definition) is 5. The molecule has 0 aromatic heterocycles. The Morgan fingerprint density at radius 2 is 1.85 bits per heavy atom. The lowest BCUT2D eigenvalue weighted by Crippen LogP contribution is -2.38. The average molecular weight is 375 g/mol. The molecule has 2 fully saturated rings. The van der Waals surface area contributed by atoms with E-state index in [-0.39, 0.29) is 24.8 Å². The molecule has 0 bridgehead atoms.